The van der Waals surface area contributed by atoms with E-state index in [9.17, 15) is 9.59 Å². The molecule has 1 aliphatic heterocycles. The summed E-state index contributed by atoms with van der Waals surface area (Å²) in [6, 6.07) is 16.2. The number of nitrogens with zero attached hydrogens (tertiary/aromatic N) is 4. The van der Waals surface area contributed by atoms with Gasteiger partial charge in [0.05, 0.1) is 0 Å². The average Bonchev–Trinajstić information content (AvgIpc) is 3.25. The SMILES string of the molecule is Cc1ccc(-n2c(SCCCN3C(=O)NC(C)(C)C3=O)nnc2-c2cccc(C)c2)cc1. The van der Waals surface area contributed by atoms with E-state index in [0.29, 0.717) is 18.7 Å². The smallest absolute Gasteiger partial charge is 0.324 e. The van der Waals surface area contributed by atoms with Crippen molar-refractivity contribution in [2.45, 2.75) is 44.8 Å². The number of hydrogen-bond acceptors (Lipinski definition) is 5. The third kappa shape index (κ3) is 4.41. The number of aryl methyl sites for hydroxylation is 2. The first-order chi connectivity index (χ1) is 15.3. The van der Waals surface area contributed by atoms with Gasteiger partial charge in [-0.3, -0.25) is 14.3 Å². The number of aromatic nitrogens is 3. The summed E-state index contributed by atoms with van der Waals surface area (Å²) in [5, 5.41) is 12.4. The number of benzene rings is 2. The number of hydrogen-bond donors (Lipinski definition) is 1. The molecule has 0 atom stereocenters. The van der Waals surface area contributed by atoms with Crippen LogP contribution in [0.1, 0.15) is 31.4 Å². The van der Waals surface area contributed by atoms with Gasteiger partial charge in [-0.25, -0.2) is 4.79 Å². The molecule has 0 bridgehead atoms. The predicted molar refractivity (Wildman–Crippen MR) is 126 cm³/mol. The second-order valence-electron chi connectivity index (χ2n) is 8.56. The lowest BCUT2D eigenvalue weighted by Gasteiger charge is -2.15. The minimum absolute atomic E-state index is 0.183. The van der Waals surface area contributed by atoms with E-state index in [1.165, 1.54) is 10.5 Å². The van der Waals surface area contributed by atoms with Gasteiger partial charge in [0.15, 0.2) is 11.0 Å². The van der Waals surface area contributed by atoms with Gasteiger partial charge in [0.2, 0.25) is 0 Å². The number of urea groups is 1. The Kier molecular flexibility index (Phi) is 6.06. The van der Waals surface area contributed by atoms with Crippen LogP contribution >= 0.6 is 11.8 Å². The van der Waals surface area contributed by atoms with Crippen LogP contribution in [-0.2, 0) is 4.79 Å². The van der Waals surface area contributed by atoms with E-state index in [4.69, 9.17) is 0 Å². The van der Waals surface area contributed by atoms with Gasteiger partial charge in [0.25, 0.3) is 5.91 Å². The summed E-state index contributed by atoms with van der Waals surface area (Å²) in [7, 11) is 0. The Hall–Kier alpha value is -3.13. The summed E-state index contributed by atoms with van der Waals surface area (Å²) in [5.41, 5.74) is 3.51. The summed E-state index contributed by atoms with van der Waals surface area (Å²) in [6.07, 6.45) is 0.667. The van der Waals surface area contributed by atoms with Crippen LogP contribution in [0.4, 0.5) is 4.79 Å². The van der Waals surface area contributed by atoms with Gasteiger partial charge in [-0.2, -0.15) is 0 Å². The largest absolute Gasteiger partial charge is 0.325 e. The molecule has 1 aromatic heterocycles. The van der Waals surface area contributed by atoms with E-state index in [0.717, 1.165) is 27.8 Å². The fourth-order valence-corrected chi connectivity index (χ4v) is 4.54. The number of carbonyl (C=O) groups is 2. The normalized spacial score (nSPS) is 15.3. The molecule has 166 valence electrons. The van der Waals surface area contributed by atoms with E-state index < -0.39 is 5.54 Å². The quantitative estimate of drug-likeness (QED) is 0.329. The van der Waals surface area contributed by atoms with Gasteiger partial charge < -0.3 is 5.32 Å². The molecule has 7 nitrogen and oxygen atoms in total. The number of thioether (sulfide) groups is 1. The van der Waals surface area contributed by atoms with Gasteiger partial charge in [-0.15, -0.1) is 10.2 Å². The van der Waals surface area contributed by atoms with Gasteiger partial charge in [0, 0.05) is 23.5 Å². The number of rotatable bonds is 7. The van der Waals surface area contributed by atoms with Crippen LogP contribution in [-0.4, -0.2) is 49.4 Å². The molecule has 0 unspecified atom stereocenters. The number of amides is 3. The van der Waals surface area contributed by atoms with Crippen molar-refractivity contribution in [1.29, 1.82) is 0 Å². The Labute approximate surface area is 192 Å². The molecular weight excluding hydrogens is 422 g/mol. The van der Waals surface area contributed by atoms with E-state index >= 15 is 0 Å². The molecule has 1 aliphatic rings. The van der Waals surface area contributed by atoms with E-state index in [1.807, 2.05) is 12.1 Å². The van der Waals surface area contributed by atoms with Crippen LogP contribution in [0.25, 0.3) is 17.1 Å². The van der Waals surface area contributed by atoms with Gasteiger partial charge in [-0.05, 0) is 52.3 Å². The molecule has 1 fully saturated rings. The van der Waals surface area contributed by atoms with Crippen LogP contribution in [0.3, 0.4) is 0 Å². The Morgan fingerprint density at radius 2 is 1.75 bits per heavy atom. The van der Waals surface area contributed by atoms with Gasteiger partial charge in [0.1, 0.15) is 5.54 Å². The van der Waals surface area contributed by atoms with Crippen LogP contribution in [0.15, 0.2) is 53.7 Å². The molecule has 0 saturated carbocycles. The van der Waals surface area contributed by atoms with E-state index in [-0.39, 0.29) is 11.9 Å². The third-order valence-electron chi connectivity index (χ3n) is 5.40. The molecule has 0 spiro atoms. The highest BCUT2D eigenvalue weighted by Crippen LogP contribution is 2.29. The molecule has 0 radical (unpaired) electrons. The number of imide groups is 1. The molecule has 4 rings (SSSR count). The molecule has 3 amide bonds. The first-order valence-corrected chi connectivity index (χ1v) is 11.6. The Morgan fingerprint density at radius 3 is 2.41 bits per heavy atom. The molecule has 32 heavy (non-hydrogen) atoms. The van der Waals surface area contributed by atoms with Crippen molar-refractivity contribution in [3.05, 3.63) is 59.7 Å². The lowest BCUT2D eigenvalue weighted by atomic mass is 10.1. The first kappa shape index (κ1) is 22.1. The number of nitrogens with one attached hydrogen (secondary N) is 1. The highest BCUT2D eigenvalue weighted by atomic mass is 32.2. The molecule has 3 aromatic rings. The van der Waals surface area contributed by atoms with Crippen molar-refractivity contribution in [3.63, 3.8) is 0 Å². The summed E-state index contributed by atoms with van der Waals surface area (Å²) in [4.78, 5) is 25.7. The first-order valence-electron chi connectivity index (χ1n) is 10.6. The lowest BCUT2D eigenvalue weighted by molar-refractivity contribution is -0.130. The zero-order valence-corrected chi connectivity index (χ0v) is 19.6. The second-order valence-corrected chi connectivity index (χ2v) is 9.62. The average molecular weight is 450 g/mol. The fraction of sp³-hybridized carbons (Fsp3) is 0.333. The van der Waals surface area contributed by atoms with Gasteiger partial charge in [-0.1, -0.05) is 53.2 Å². The topological polar surface area (TPSA) is 80.1 Å². The van der Waals surface area contributed by atoms with Crippen molar-refractivity contribution in [2.75, 3.05) is 12.3 Å². The van der Waals surface area contributed by atoms with Crippen molar-refractivity contribution in [1.82, 2.24) is 25.0 Å². The van der Waals surface area contributed by atoms with Crippen LogP contribution < -0.4 is 5.32 Å². The maximum atomic E-state index is 12.4. The van der Waals surface area contributed by atoms with Crippen molar-refractivity contribution in [3.8, 4) is 17.1 Å². The molecule has 0 aliphatic carbocycles. The molecular formula is C24H27N5O2S. The van der Waals surface area contributed by atoms with Gasteiger partial charge >= 0.3 is 6.03 Å². The van der Waals surface area contributed by atoms with Crippen LogP contribution in [0.5, 0.6) is 0 Å². The summed E-state index contributed by atoms with van der Waals surface area (Å²) in [6.45, 7) is 7.94. The molecule has 1 N–H and O–H groups in total. The molecule has 1 saturated heterocycles. The number of carbonyl (C=O) groups excluding carboxylic acids is 2. The molecule has 2 aromatic carbocycles. The predicted octanol–water partition coefficient (Wildman–Crippen LogP) is 4.36. The third-order valence-corrected chi connectivity index (χ3v) is 6.42. The fourth-order valence-electron chi connectivity index (χ4n) is 3.67. The van der Waals surface area contributed by atoms with Crippen LogP contribution in [0.2, 0.25) is 0 Å². The Bertz CT molecular complexity index is 1150. The van der Waals surface area contributed by atoms with E-state index in [2.05, 4.69) is 70.3 Å². The highest BCUT2D eigenvalue weighted by Gasteiger charge is 2.43. The maximum Gasteiger partial charge on any atom is 0.325 e. The summed E-state index contributed by atoms with van der Waals surface area (Å²) < 4.78 is 2.07. The summed E-state index contributed by atoms with van der Waals surface area (Å²) >= 11 is 1.57. The monoisotopic (exact) mass is 449 g/mol. The molecule has 2 heterocycles. The van der Waals surface area contributed by atoms with Crippen molar-refractivity contribution in [2.24, 2.45) is 0 Å². The summed E-state index contributed by atoms with van der Waals surface area (Å²) in [5.74, 6) is 1.31. The van der Waals surface area contributed by atoms with Crippen LogP contribution in [0, 0.1) is 13.8 Å². The minimum atomic E-state index is -0.835. The minimum Gasteiger partial charge on any atom is -0.324 e. The standard InChI is InChI=1S/C24H27N5O2S/c1-16-9-11-19(12-10-16)29-20(18-8-5-7-17(2)15-18)26-27-23(29)32-14-6-13-28-21(30)24(3,4)25-22(28)31/h5,7-12,15H,6,13-14H2,1-4H3,(H,25,31). The zero-order valence-electron chi connectivity index (χ0n) is 18.8. The van der Waals surface area contributed by atoms with E-state index in [1.54, 1.807) is 25.6 Å². The highest BCUT2D eigenvalue weighted by molar-refractivity contribution is 7.99. The zero-order chi connectivity index (χ0) is 22.9. The Balaban J connectivity index is 1.53. The second kappa shape index (κ2) is 8.78. The maximum absolute atomic E-state index is 12.4. The Morgan fingerprint density at radius 1 is 1.00 bits per heavy atom. The lowest BCUT2D eigenvalue weighted by Crippen LogP contribution is -2.40. The molecule has 8 heteroatoms. The van der Waals surface area contributed by atoms with Crippen molar-refractivity contribution < 1.29 is 9.59 Å². The van der Waals surface area contributed by atoms with Crippen molar-refractivity contribution >= 4 is 23.7 Å².